The van der Waals surface area contributed by atoms with Crippen molar-refractivity contribution in [3.63, 3.8) is 0 Å². The summed E-state index contributed by atoms with van der Waals surface area (Å²) in [6, 6.07) is 6.61. The molecule has 110 valence electrons. The van der Waals surface area contributed by atoms with Crippen LogP contribution in [0.5, 0.6) is 5.75 Å². The molecule has 0 radical (unpaired) electrons. The first kappa shape index (κ1) is 15.1. The Labute approximate surface area is 124 Å². The third-order valence-corrected chi connectivity index (χ3v) is 3.53. The van der Waals surface area contributed by atoms with Crippen molar-refractivity contribution in [3.8, 4) is 5.75 Å². The molecule has 1 fully saturated rings. The van der Waals surface area contributed by atoms with E-state index < -0.39 is 12.0 Å². The summed E-state index contributed by atoms with van der Waals surface area (Å²) in [4.78, 5) is 11.6. The van der Waals surface area contributed by atoms with Crippen molar-refractivity contribution >= 4 is 17.6 Å². The topological polar surface area (TPSA) is 61.6 Å². The zero-order valence-electron chi connectivity index (χ0n) is 11.7. The zero-order chi connectivity index (χ0) is 14.7. The van der Waals surface area contributed by atoms with Gasteiger partial charge >= 0.3 is 5.97 Å². The molecular weight excluding hydrogens is 278 g/mol. The van der Waals surface area contributed by atoms with E-state index in [-0.39, 0.29) is 12.2 Å². The van der Waals surface area contributed by atoms with E-state index in [1.54, 1.807) is 19.1 Å². The number of ether oxygens (including phenoxy) is 2. The fourth-order valence-corrected chi connectivity index (χ4v) is 2.24. The number of carbonyl (C=O) groups excluding carboxylic acids is 1. The zero-order valence-corrected chi connectivity index (χ0v) is 12.5. The highest BCUT2D eigenvalue weighted by Crippen LogP contribution is 2.37. The van der Waals surface area contributed by atoms with Gasteiger partial charge in [-0.1, -0.05) is 17.7 Å². The second-order valence-corrected chi connectivity index (χ2v) is 5.74. The molecular formula is C15H20ClNO3. The van der Waals surface area contributed by atoms with Crippen molar-refractivity contribution in [2.45, 2.75) is 44.9 Å². The lowest BCUT2D eigenvalue weighted by Crippen LogP contribution is -2.39. The van der Waals surface area contributed by atoms with Crippen molar-refractivity contribution in [3.05, 3.63) is 29.3 Å². The Balaban J connectivity index is 2.02. The van der Waals surface area contributed by atoms with Gasteiger partial charge in [0, 0.05) is 5.02 Å². The number of hydrogen-bond donors (Lipinski definition) is 1. The van der Waals surface area contributed by atoms with Crippen LogP contribution >= 0.6 is 11.6 Å². The fourth-order valence-electron chi connectivity index (χ4n) is 2.06. The predicted molar refractivity (Wildman–Crippen MR) is 77.8 cm³/mol. The first-order valence-corrected chi connectivity index (χ1v) is 7.23. The van der Waals surface area contributed by atoms with Crippen LogP contribution in [0, 0.1) is 5.92 Å². The number of nitrogens with two attached hydrogens (primary N) is 1. The summed E-state index contributed by atoms with van der Waals surface area (Å²) >= 11 is 5.95. The highest BCUT2D eigenvalue weighted by atomic mass is 35.5. The third-order valence-electron chi connectivity index (χ3n) is 3.29. The molecule has 0 aliphatic heterocycles. The standard InChI is InChI=1S/C15H20ClNO3/c1-9(17)15(18)19-10(2)14(11-6-7-11)20-13-5-3-4-12(16)8-13/h3-5,8-11,14H,6-7,17H2,1-2H3/t9-,10-,14-/m0/s1. The molecule has 0 spiro atoms. The summed E-state index contributed by atoms with van der Waals surface area (Å²) in [7, 11) is 0. The molecule has 0 saturated heterocycles. The lowest BCUT2D eigenvalue weighted by Gasteiger charge is -2.25. The van der Waals surface area contributed by atoms with Gasteiger partial charge in [-0.05, 0) is 50.8 Å². The second kappa shape index (κ2) is 6.46. The molecule has 1 aromatic carbocycles. The molecule has 1 saturated carbocycles. The monoisotopic (exact) mass is 297 g/mol. The Hall–Kier alpha value is -1.26. The second-order valence-electron chi connectivity index (χ2n) is 5.31. The quantitative estimate of drug-likeness (QED) is 0.820. The van der Waals surface area contributed by atoms with Gasteiger partial charge in [-0.25, -0.2) is 0 Å². The summed E-state index contributed by atoms with van der Waals surface area (Å²) in [5, 5.41) is 0.622. The molecule has 0 amide bonds. The molecule has 1 aliphatic carbocycles. The molecule has 0 heterocycles. The van der Waals surface area contributed by atoms with Crippen LogP contribution in [0.4, 0.5) is 0 Å². The normalized spacial score (nSPS) is 19.0. The van der Waals surface area contributed by atoms with Gasteiger partial charge in [0.1, 0.15) is 24.0 Å². The summed E-state index contributed by atoms with van der Waals surface area (Å²) in [5.41, 5.74) is 5.52. The van der Waals surface area contributed by atoms with Crippen LogP contribution in [-0.2, 0) is 9.53 Å². The van der Waals surface area contributed by atoms with Crippen molar-refractivity contribution in [2.75, 3.05) is 0 Å². The molecule has 4 nitrogen and oxygen atoms in total. The molecule has 20 heavy (non-hydrogen) atoms. The largest absolute Gasteiger partial charge is 0.486 e. The van der Waals surface area contributed by atoms with Gasteiger partial charge < -0.3 is 15.2 Å². The van der Waals surface area contributed by atoms with E-state index in [2.05, 4.69) is 0 Å². The van der Waals surface area contributed by atoms with E-state index in [0.717, 1.165) is 12.8 Å². The van der Waals surface area contributed by atoms with Gasteiger partial charge in [-0.3, -0.25) is 4.79 Å². The van der Waals surface area contributed by atoms with E-state index in [1.807, 2.05) is 19.1 Å². The van der Waals surface area contributed by atoms with Gasteiger partial charge in [0.2, 0.25) is 0 Å². The lowest BCUT2D eigenvalue weighted by atomic mass is 10.1. The van der Waals surface area contributed by atoms with Crippen molar-refractivity contribution < 1.29 is 14.3 Å². The minimum atomic E-state index is -0.622. The summed E-state index contributed by atoms with van der Waals surface area (Å²) < 4.78 is 11.3. The van der Waals surface area contributed by atoms with Crippen molar-refractivity contribution in [2.24, 2.45) is 11.7 Å². The number of benzene rings is 1. The number of halogens is 1. The van der Waals surface area contributed by atoms with E-state index in [1.165, 1.54) is 0 Å². The third kappa shape index (κ3) is 4.12. The number of esters is 1. The minimum Gasteiger partial charge on any atom is -0.486 e. The van der Waals surface area contributed by atoms with Crippen LogP contribution < -0.4 is 10.5 Å². The van der Waals surface area contributed by atoms with Crippen LogP contribution in [0.3, 0.4) is 0 Å². The Kier molecular flexibility index (Phi) is 4.89. The van der Waals surface area contributed by atoms with E-state index in [0.29, 0.717) is 16.7 Å². The lowest BCUT2D eigenvalue weighted by molar-refractivity contribution is -0.154. The molecule has 0 unspecified atom stereocenters. The molecule has 0 aromatic heterocycles. The first-order chi connectivity index (χ1) is 9.47. The fraction of sp³-hybridized carbons (Fsp3) is 0.533. The first-order valence-electron chi connectivity index (χ1n) is 6.85. The summed E-state index contributed by atoms with van der Waals surface area (Å²) in [5.74, 6) is 0.709. The van der Waals surface area contributed by atoms with Crippen LogP contribution in [0.2, 0.25) is 5.02 Å². The average molecular weight is 298 g/mol. The molecule has 1 aromatic rings. The molecule has 2 rings (SSSR count). The number of carbonyl (C=O) groups is 1. The summed E-state index contributed by atoms with van der Waals surface area (Å²) in [6.45, 7) is 3.45. The van der Waals surface area contributed by atoms with E-state index in [9.17, 15) is 4.79 Å². The van der Waals surface area contributed by atoms with E-state index >= 15 is 0 Å². The van der Waals surface area contributed by atoms with Crippen molar-refractivity contribution in [1.29, 1.82) is 0 Å². The Morgan fingerprint density at radius 1 is 1.40 bits per heavy atom. The Morgan fingerprint density at radius 3 is 2.65 bits per heavy atom. The molecule has 2 N–H and O–H groups in total. The van der Waals surface area contributed by atoms with E-state index in [4.69, 9.17) is 26.8 Å². The maximum Gasteiger partial charge on any atom is 0.323 e. The minimum absolute atomic E-state index is 0.156. The predicted octanol–water partition coefficient (Wildman–Crippen LogP) is 2.78. The highest BCUT2D eigenvalue weighted by Gasteiger charge is 2.38. The maximum absolute atomic E-state index is 11.6. The number of rotatable bonds is 6. The average Bonchev–Trinajstić information content (AvgIpc) is 3.20. The van der Waals surface area contributed by atoms with Gasteiger partial charge in [-0.2, -0.15) is 0 Å². The molecule has 1 aliphatic rings. The molecule has 0 bridgehead atoms. The van der Waals surface area contributed by atoms with Crippen LogP contribution in [0.1, 0.15) is 26.7 Å². The highest BCUT2D eigenvalue weighted by molar-refractivity contribution is 6.30. The van der Waals surface area contributed by atoms with Crippen molar-refractivity contribution in [1.82, 2.24) is 0 Å². The Morgan fingerprint density at radius 2 is 2.10 bits per heavy atom. The van der Waals surface area contributed by atoms with Crippen LogP contribution in [0.25, 0.3) is 0 Å². The van der Waals surface area contributed by atoms with Crippen LogP contribution in [0.15, 0.2) is 24.3 Å². The van der Waals surface area contributed by atoms with Gasteiger partial charge in [0.25, 0.3) is 0 Å². The maximum atomic E-state index is 11.6. The van der Waals surface area contributed by atoms with Gasteiger partial charge in [0.15, 0.2) is 0 Å². The summed E-state index contributed by atoms with van der Waals surface area (Å²) in [6.07, 6.45) is 1.69. The SMILES string of the molecule is C[C@H](N)C(=O)O[C@@H](C)[C@H](Oc1cccc(Cl)c1)C1CC1. The Bertz CT molecular complexity index is 474. The van der Waals surface area contributed by atoms with Gasteiger partial charge in [0.05, 0.1) is 0 Å². The smallest absolute Gasteiger partial charge is 0.323 e. The number of hydrogen-bond acceptors (Lipinski definition) is 4. The molecule has 3 atom stereocenters. The van der Waals surface area contributed by atoms with Crippen LogP contribution in [-0.4, -0.2) is 24.2 Å². The van der Waals surface area contributed by atoms with Gasteiger partial charge in [-0.15, -0.1) is 0 Å². The molecule has 5 heteroatoms.